The van der Waals surface area contributed by atoms with E-state index in [1.807, 2.05) is 0 Å². The van der Waals surface area contributed by atoms with Gasteiger partial charge in [-0.15, -0.1) is 0 Å². The van der Waals surface area contributed by atoms with Gasteiger partial charge in [-0.1, -0.05) is 6.58 Å². The summed E-state index contributed by atoms with van der Waals surface area (Å²) in [4.78, 5) is 14.9. The summed E-state index contributed by atoms with van der Waals surface area (Å²) in [5.74, 6) is 0. The molecule has 0 radical (unpaired) electrons. The molecule has 2 N–H and O–H groups in total. The van der Waals surface area contributed by atoms with E-state index in [0.717, 1.165) is 0 Å². The lowest BCUT2D eigenvalue weighted by Gasteiger charge is -1.85. The summed E-state index contributed by atoms with van der Waals surface area (Å²) in [5.41, 5.74) is 1.09. The molecule has 1 aromatic rings. The SMILES string of the molecule is C=Cc1[nH][nH]c(=O)c1/C=C\C=NC. The van der Waals surface area contributed by atoms with Crippen molar-refractivity contribution < 1.29 is 0 Å². The second-order valence-corrected chi connectivity index (χ2v) is 2.38. The first kappa shape index (κ1) is 9.25. The van der Waals surface area contributed by atoms with Gasteiger partial charge in [0.25, 0.3) is 5.56 Å². The van der Waals surface area contributed by atoms with Crippen molar-refractivity contribution in [3.05, 3.63) is 34.3 Å². The number of nitrogens with zero attached hydrogens (tertiary/aromatic N) is 1. The molecule has 0 saturated heterocycles. The molecular weight excluding hydrogens is 166 g/mol. The fourth-order valence-electron chi connectivity index (χ4n) is 0.933. The first-order valence-electron chi connectivity index (χ1n) is 3.81. The van der Waals surface area contributed by atoms with Crippen LogP contribution in [0.1, 0.15) is 11.3 Å². The van der Waals surface area contributed by atoms with E-state index in [1.54, 1.807) is 31.5 Å². The number of H-pyrrole nitrogens is 2. The summed E-state index contributed by atoms with van der Waals surface area (Å²) < 4.78 is 0. The van der Waals surface area contributed by atoms with E-state index in [4.69, 9.17) is 0 Å². The van der Waals surface area contributed by atoms with Crippen LogP contribution in [-0.4, -0.2) is 23.5 Å². The van der Waals surface area contributed by atoms with Crippen molar-refractivity contribution >= 4 is 18.4 Å². The van der Waals surface area contributed by atoms with Crippen LogP contribution in [0, 0.1) is 0 Å². The van der Waals surface area contributed by atoms with Gasteiger partial charge in [-0.25, -0.2) is 0 Å². The molecule has 1 rings (SSSR count). The van der Waals surface area contributed by atoms with Gasteiger partial charge in [0.15, 0.2) is 0 Å². The van der Waals surface area contributed by atoms with Gasteiger partial charge in [-0.05, 0) is 18.2 Å². The largest absolute Gasteiger partial charge is 0.298 e. The van der Waals surface area contributed by atoms with Crippen LogP contribution in [0.25, 0.3) is 12.2 Å². The maximum absolute atomic E-state index is 11.2. The van der Waals surface area contributed by atoms with Gasteiger partial charge in [0.2, 0.25) is 0 Å². The Morgan fingerprint density at radius 3 is 2.85 bits per heavy atom. The minimum Gasteiger partial charge on any atom is -0.298 e. The van der Waals surface area contributed by atoms with Crippen molar-refractivity contribution in [3.63, 3.8) is 0 Å². The first-order chi connectivity index (χ1) is 6.29. The predicted molar refractivity (Wildman–Crippen MR) is 55.0 cm³/mol. The Balaban J connectivity index is 3.05. The van der Waals surface area contributed by atoms with Crippen LogP contribution in [0.4, 0.5) is 0 Å². The summed E-state index contributed by atoms with van der Waals surface area (Å²) in [5, 5.41) is 5.17. The number of aliphatic imine (C=N–C) groups is 1. The lowest BCUT2D eigenvalue weighted by Crippen LogP contribution is -2.01. The molecule has 13 heavy (non-hydrogen) atoms. The molecule has 0 atom stereocenters. The van der Waals surface area contributed by atoms with Gasteiger partial charge in [-0.2, -0.15) is 0 Å². The lowest BCUT2D eigenvalue weighted by molar-refractivity contribution is 1.05. The lowest BCUT2D eigenvalue weighted by atomic mass is 10.2. The molecule has 68 valence electrons. The van der Waals surface area contributed by atoms with E-state index in [2.05, 4.69) is 21.8 Å². The third-order valence-corrected chi connectivity index (χ3v) is 1.55. The number of hydrogen-bond acceptors (Lipinski definition) is 2. The maximum Gasteiger partial charge on any atom is 0.271 e. The van der Waals surface area contributed by atoms with E-state index in [9.17, 15) is 4.79 Å². The Hall–Kier alpha value is -1.84. The normalized spacial score (nSPS) is 11.5. The zero-order chi connectivity index (χ0) is 9.68. The Kier molecular flexibility index (Phi) is 3.03. The molecule has 0 bridgehead atoms. The molecule has 4 heteroatoms. The zero-order valence-electron chi connectivity index (χ0n) is 7.37. The molecule has 1 heterocycles. The van der Waals surface area contributed by atoms with E-state index >= 15 is 0 Å². The highest BCUT2D eigenvalue weighted by molar-refractivity contribution is 5.79. The van der Waals surface area contributed by atoms with E-state index in [1.165, 1.54) is 0 Å². The smallest absolute Gasteiger partial charge is 0.271 e. The summed E-state index contributed by atoms with van der Waals surface area (Å²) in [6.07, 6.45) is 6.57. The Morgan fingerprint density at radius 1 is 1.46 bits per heavy atom. The number of rotatable bonds is 3. The summed E-state index contributed by atoms with van der Waals surface area (Å²) in [6.45, 7) is 3.58. The molecular formula is C9H11N3O. The monoisotopic (exact) mass is 177 g/mol. The van der Waals surface area contributed by atoms with Crippen LogP contribution >= 0.6 is 0 Å². The first-order valence-corrected chi connectivity index (χ1v) is 3.81. The third-order valence-electron chi connectivity index (χ3n) is 1.55. The quantitative estimate of drug-likeness (QED) is 0.666. The van der Waals surface area contributed by atoms with Crippen LogP contribution < -0.4 is 5.56 Å². The van der Waals surface area contributed by atoms with Gasteiger partial charge in [0.05, 0.1) is 11.3 Å². The minimum absolute atomic E-state index is 0.157. The summed E-state index contributed by atoms with van der Waals surface area (Å²) >= 11 is 0. The van der Waals surface area contributed by atoms with E-state index in [0.29, 0.717) is 11.3 Å². The highest BCUT2D eigenvalue weighted by atomic mass is 16.1. The maximum atomic E-state index is 11.2. The minimum atomic E-state index is -0.157. The van der Waals surface area contributed by atoms with Crippen LogP contribution in [0.2, 0.25) is 0 Å². The summed E-state index contributed by atoms with van der Waals surface area (Å²) in [7, 11) is 1.67. The van der Waals surface area contributed by atoms with Crippen LogP contribution in [0.15, 0.2) is 22.4 Å². The Bertz CT molecular complexity index is 395. The molecule has 0 aliphatic carbocycles. The van der Waals surface area contributed by atoms with Crippen LogP contribution in [-0.2, 0) is 0 Å². The zero-order valence-corrected chi connectivity index (χ0v) is 7.37. The fourth-order valence-corrected chi connectivity index (χ4v) is 0.933. The average Bonchev–Trinajstić information content (AvgIpc) is 2.48. The van der Waals surface area contributed by atoms with Crippen LogP contribution in [0.3, 0.4) is 0 Å². The van der Waals surface area contributed by atoms with Gasteiger partial charge in [-0.3, -0.25) is 20.0 Å². The highest BCUT2D eigenvalue weighted by Gasteiger charge is 2.01. The fraction of sp³-hybridized carbons (Fsp3) is 0.111. The number of aromatic amines is 2. The molecule has 0 aromatic carbocycles. The number of hydrogen-bond donors (Lipinski definition) is 2. The van der Waals surface area contributed by atoms with E-state index < -0.39 is 0 Å². The van der Waals surface area contributed by atoms with Crippen molar-refractivity contribution in [1.82, 2.24) is 10.2 Å². The van der Waals surface area contributed by atoms with Crippen molar-refractivity contribution in [1.29, 1.82) is 0 Å². The predicted octanol–water partition coefficient (Wildman–Crippen LogP) is 1.06. The van der Waals surface area contributed by atoms with Crippen LogP contribution in [0.5, 0.6) is 0 Å². The molecule has 0 fully saturated rings. The van der Waals surface area contributed by atoms with Crippen molar-refractivity contribution in [3.8, 4) is 0 Å². The van der Waals surface area contributed by atoms with E-state index in [-0.39, 0.29) is 5.56 Å². The standard InChI is InChI=1S/C9H11N3O/c1-3-8-7(5-4-6-10-2)9(13)12-11-8/h3-6H,1H2,2H3,(H2,11,12,13)/b5-4-,10-6?. The molecule has 1 aromatic heterocycles. The number of allylic oxidation sites excluding steroid dienone is 1. The van der Waals surface area contributed by atoms with Gasteiger partial charge < -0.3 is 0 Å². The molecule has 0 aliphatic rings. The molecule has 0 unspecified atom stereocenters. The van der Waals surface area contributed by atoms with Crippen molar-refractivity contribution in [2.45, 2.75) is 0 Å². The molecule has 4 nitrogen and oxygen atoms in total. The number of nitrogens with one attached hydrogen (secondary N) is 2. The number of aromatic nitrogens is 2. The van der Waals surface area contributed by atoms with Gasteiger partial charge in [0.1, 0.15) is 0 Å². The Labute approximate surface area is 75.7 Å². The molecule has 0 amide bonds. The van der Waals surface area contributed by atoms with Gasteiger partial charge >= 0.3 is 0 Å². The molecule has 0 spiro atoms. The topological polar surface area (TPSA) is 61.0 Å². The van der Waals surface area contributed by atoms with Crippen molar-refractivity contribution in [2.75, 3.05) is 7.05 Å². The second-order valence-electron chi connectivity index (χ2n) is 2.38. The Morgan fingerprint density at radius 2 is 2.23 bits per heavy atom. The molecule has 0 saturated carbocycles. The van der Waals surface area contributed by atoms with Crippen molar-refractivity contribution in [2.24, 2.45) is 4.99 Å². The summed E-state index contributed by atoms with van der Waals surface area (Å²) in [6, 6.07) is 0. The third kappa shape index (κ3) is 2.05. The highest BCUT2D eigenvalue weighted by Crippen LogP contribution is 2.02. The molecule has 0 aliphatic heterocycles. The second kappa shape index (κ2) is 4.25. The average molecular weight is 177 g/mol. The van der Waals surface area contributed by atoms with Gasteiger partial charge in [0, 0.05) is 13.3 Å².